The Balaban J connectivity index is 1.08. The molecule has 8 heteroatoms. The number of pyridine rings is 2. The second-order valence-corrected chi connectivity index (χ2v) is 10.7. The van der Waals surface area contributed by atoms with Crippen molar-refractivity contribution in [3.8, 4) is 22.8 Å². The number of hydrogen-bond donors (Lipinski definition) is 2. The van der Waals surface area contributed by atoms with Gasteiger partial charge in [0.15, 0.2) is 0 Å². The predicted molar refractivity (Wildman–Crippen MR) is 158 cm³/mol. The Labute approximate surface area is 233 Å². The largest absolute Gasteiger partial charge is 0.456 e. The molecule has 2 aromatic carbocycles. The molecular formula is C32H33N5O3. The summed E-state index contributed by atoms with van der Waals surface area (Å²) < 4.78 is 12.0. The van der Waals surface area contributed by atoms with E-state index in [1.807, 2.05) is 30.6 Å². The fourth-order valence-corrected chi connectivity index (χ4v) is 6.03. The molecule has 0 radical (unpaired) electrons. The van der Waals surface area contributed by atoms with Crippen LogP contribution in [0.3, 0.4) is 0 Å². The third kappa shape index (κ3) is 5.02. The highest BCUT2D eigenvalue weighted by atomic mass is 16.5. The maximum absolute atomic E-state index is 12.6. The Hall–Kier alpha value is -4.30. The molecule has 7 rings (SSSR count). The number of nitrogens with zero attached hydrogens (tertiary/aromatic N) is 3. The van der Waals surface area contributed by atoms with Crippen molar-refractivity contribution in [1.29, 1.82) is 0 Å². The molecule has 5 heterocycles. The first-order valence-electron chi connectivity index (χ1n) is 14.1. The number of aromatic nitrogens is 2. The van der Waals surface area contributed by atoms with Crippen LogP contribution in [0.1, 0.15) is 24.0 Å². The van der Waals surface area contributed by atoms with Gasteiger partial charge in [0.2, 0.25) is 5.56 Å². The van der Waals surface area contributed by atoms with Gasteiger partial charge in [-0.25, -0.2) is 0 Å². The van der Waals surface area contributed by atoms with E-state index < -0.39 is 0 Å². The minimum absolute atomic E-state index is 0.116. The van der Waals surface area contributed by atoms with E-state index in [-0.39, 0.29) is 5.56 Å². The first-order chi connectivity index (χ1) is 19.7. The fourth-order valence-electron chi connectivity index (χ4n) is 6.03. The Morgan fingerprint density at radius 3 is 2.48 bits per heavy atom. The SMILES string of the molecule is O=c1cc(N2CCOCC2)cc(-c2cccc3c2Oc2ccc(NC4CCN(c5ccncc5)CC4)cc2C3)[nH]1. The maximum atomic E-state index is 12.6. The summed E-state index contributed by atoms with van der Waals surface area (Å²) in [6, 6.07) is 20.9. The van der Waals surface area contributed by atoms with Crippen molar-refractivity contribution in [2.75, 3.05) is 54.5 Å². The van der Waals surface area contributed by atoms with Crippen LogP contribution in [0.2, 0.25) is 0 Å². The lowest BCUT2D eigenvalue weighted by Gasteiger charge is -2.34. The van der Waals surface area contributed by atoms with Gasteiger partial charge < -0.3 is 29.6 Å². The van der Waals surface area contributed by atoms with E-state index in [4.69, 9.17) is 9.47 Å². The van der Waals surface area contributed by atoms with Crippen molar-refractivity contribution in [3.05, 3.63) is 94.5 Å². The number of benzene rings is 2. The van der Waals surface area contributed by atoms with Crippen LogP contribution in [0.15, 0.2) is 77.9 Å². The average molecular weight is 536 g/mol. The number of ether oxygens (including phenoxy) is 2. The van der Waals surface area contributed by atoms with E-state index in [1.54, 1.807) is 6.07 Å². The van der Waals surface area contributed by atoms with E-state index in [1.165, 1.54) is 11.3 Å². The molecule has 204 valence electrons. The van der Waals surface area contributed by atoms with E-state index >= 15 is 0 Å². The molecular weight excluding hydrogens is 502 g/mol. The highest BCUT2D eigenvalue weighted by Crippen LogP contribution is 2.43. The van der Waals surface area contributed by atoms with Gasteiger partial charge in [0, 0.05) is 85.3 Å². The average Bonchev–Trinajstić information content (AvgIpc) is 3.01. The summed E-state index contributed by atoms with van der Waals surface area (Å²) >= 11 is 0. The van der Waals surface area contributed by atoms with Gasteiger partial charge in [-0.15, -0.1) is 0 Å². The molecule has 3 aliphatic rings. The van der Waals surface area contributed by atoms with Crippen molar-refractivity contribution < 1.29 is 9.47 Å². The normalized spacial score (nSPS) is 17.1. The molecule has 0 spiro atoms. The number of fused-ring (bicyclic) bond motifs is 2. The fraction of sp³-hybridized carbons (Fsp3) is 0.312. The molecule has 4 aromatic rings. The molecule has 2 aromatic heterocycles. The number of rotatable bonds is 5. The van der Waals surface area contributed by atoms with Crippen molar-refractivity contribution in [2.24, 2.45) is 0 Å². The lowest BCUT2D eigenvalue weighted by atomic mass is 9.95. The summed E-state index contributed by atoms with van der Waals surface area (Å²) in [6.45, 7) is 4.95. The van der Waals surface area contributed by atoms with Gasteiger partial charge in [-0.3, -0.25) is 9.78 Å². The first kappa shape index (κ1) is 24.7. The quantitative estimate of drug-likeness (QED) is 0.326. The Kier molecular flexibility index (Phi) is 6.61. The van der Waals surface area contributed by atoms with Crippen LogP contribution >= 0.6 is 0 Å². The van der Waals surface area contributed by atoms with E-state index in [9.17, 15) is 4.79 Å². The van der Waals surface area contributed by atoms with Crippen LogP contribution in [0.5, 0.6) is 11.5 Å². The number of piperidine rings is 1. The van der Waals surface area contributed by atoms with Crippen LogP contribution in [0.25, 0.3) is 11.3 Å². The van der Waals surface area contributed by atoms with Gasteiger partial charge in [0.1, 0.15) is 11.5 Å². The van der Waals surface area contributed by atoms with Crippen LogP contribution in [0.4, 0.5) is 17.1 Å². The second-order valence-electron chi connectivity index (χ2n) is 10.7. The number of para-hydroxylation sites is 1. The van der Waals surface area contributed by atoms with Crippen LogP contribution in [-0.2, 0) is 11.2 Å². The van der Waals surface area contributed by atoms with Gasteiger partial charge >= 0.3 is 0 Å². The van der Waals surface area contributed by atoms with Gasteiger partial charge in [-0.2, -0.15) is 0 Å². The van der Waals surface area contributed by atoms with Crippen molar-refractivity contribution >= 4 is 17.1 Å². The van der Waals surface area contributed by atoms with Gasteiger partial charge in [-0.05, 0) is 60.9 Å². The zero-order chi connectivity index (χ0) is 26.9. The number of anilines is 3. The van der Waals surface area contributed by atoms with Gasteiger partial charge in [0.05, 0.1) is 18.9 Å². The summed E-state index contributed by atoms with van der Waals surface area (Å²) in [5.41, 5.74) is 7.13. The standard InChI is InChI=1S/C32H33N5O3/c38-31-21-27(37-14-16-39-17-15-37)20-29(35-31)28-3-1-2-22-18-23-19-25(4-5-30(23)40-32(22)28)34-24-8-12-36(13-9-24)26-6-10-33-11-7-26/h1-7,10-11,19-21,24,34H,8-9,12-18H2,(H,35,38). The highest BCUT2D eigenvalue weighted by molar-refractivity contribution is 5.74. The van der Waals surface area contributed by atoms with Gasteiger partial charge in [0.25, 0.3) is 0 Å². The molecule has 0 saturated carbocycles. The number of morpholine rings is 1. The van der Waals surface area contributed by atoms with E-state index in [2.05, 4.69) is 61.5 Å². The Morgan fingerprint density at radius 2 is 1.65 bits per heavy atom. The number of nitrogens with one attached hydrogen (secondary N) is 2. The molecule has 2 N–H and O–H groups in total. The zero-order valence-corrected chi connectivity index (χ0v) is 22.4. The Bertz CT molecular complexity index is 1560. The zero-order valence-electron chi connectivity index (χ0n) is 22.4. The molecule has 0 amide bonds. The molecule has 40 heavy (non-hydrogen) atoms. The molecule has 0 aliphatic carbocycles. The topological polar surface area (TPSA) is 82.7 Å². The predicted octanol–water partition coefficient (Wildman–Crippen LogP) is 5.05. The van der Waals surface area contributed by atoms with Crippen LogP contribution < -0.4 is 25.4 Å². The third-order valence-corrected chi connectivity index (χ3v) is 8.14. The minimum Gasteiger partial charge on any atom is -0.456 e. The number of H-pyrrole nitrogens is 1. The Morgan fingerprint density at radius 1 is 0.850 bits per heavy atom. The molecule has 0 bridgehead atoms. The maximum Gasteiger partial charge on any atom is 0.250 e. The molecule has 2 fully saturated rings. The number of hydrogen-bond acceptors (Lipinski definition) is 7. The highest BCUT2D eigenvalue weighted by Gasteiger charge is 2.24. The van der Waals surface area contributed by atoms with Crippen molar-refractivity contribution in [1.82, 2.24) is 9.97 Å². The minimum atomic E-state index is -0.116. The summed E-state index contributed by atoms with van der Waals surface area (Å²) in [4.78, 5) is 24.4. The van der Waals surface area contributed by atoms with E-state index in [0.717, 1.165) is 85.1 Å². The molecule has 3 aliphatic heterocycles. The lowest BCUT2D eigenvalue weighted by molar-refractivity contribution is 0.122. The summed E-state index contributed by atoms with van der Waals surface area (Å²) in [6.07, 6.45) is 6.67. The first-order valence-corrected chi connectivity index (χ1v) is 14.1. The molecule has 0 atom stereocenters. The van der Waals surface area contributed by atoms with Crippen molar-refractivity contribution in [2.45, 2.75) is 25.3 Å². The monoisotopic (exact) mass is 535 g/mol. The molecule has 0 unspecified atom stereocenters. The molecule has 2 saturated heterocycles. The summed E-state index contributed by atoms with van der Waals surface area (Å²) in [5, 5.41) is 3.76. The van der Waals surface area contributed by atoms with Crippen LogP contribution in [0, 0.1) is 0 Å². The summed E-state index contributed by atoms with van der Waals surface area (Å²) in [7, 11) is 0. The number of aromatic amines is 1. The lowest BCUT2D eigenvalue weighted by Crippen LogP contribution is -2.39. The van der Waals surface area contributed by atoms with Gasteiger partial charge in [-0.1, -0.05) is 12.1 Å². The third-order valence-electron chi connectivity index (χ3n) is 8.14. The summed E-state index contributed by atoms with van der Waals surface area (Å²) in [5.74, 6) is 1.68. The molecule has 8 nitrogen and oxygen atoms in total. The van der Waals surface area contributed by atoms with Crippen LogP contribution in [-0.4, -0.2) is 55.4 Å². The van der Waals surface area contributed by atoms with Crippen molar-refractivity contribution in [3.63, 3.8) is 0 Å². The van der Waals surface area contributed by atoms with E-state index in [0.29, 0.717) is 19.3 Å². The smallest absolute Gasteiger partial charge is 0.250 e. The second kappa shape index (κ2) is 10.7.